The van der Waals surface area contributed by atoms with Crippen LogP contribution in [0.25, 0.3) is 0 Å². The molecular weight excluding hydrogens is 248 g/mol. The number of ether oxygens (including phenoxy) is 2. The van der Waals surface area contributed by atoms with Crippen LogP contribution in [0.4, 0.5) is 0 Å². The van der Waals surface area contributed by atoms with Crippen LogP contribution >= 0.6 is 0 Å². The highest BCUT2D eigenvalue weighted by Crippen LogP contribution is 2.25. The second-order valence-electron chi connectivity index (χ2n) is 3.87. The molecule has 1 aromatic heterocycles. The Kier molecular flexibility index (Phi) is 3.87. The zero-order valence-corrected chi connectivity index (χ0v) is 10.6. The number of furan rings is 1. The van der Waals surface area contributed by atoms with Gasteiger partial charge in [0.1, 0.15) is 17.6 Å². The fraction of sp³-hybridized carbons (Fsp3) is 0.214. The topological polar surface area (TPSA) is 68.9 Å². The fourth-order valence-corrected chi connectivity index (χ4v) is 1.66. The second-order valence-corrected chi connectivity index (χ2v) is 3.87. The van der Waals surface area contributed by atoms with Gasteiger partial charge in [0.15, 0.2) is 0 Å². The lowest BCUT2D eigenvalue weighted by atomic mass is 10.1. The molecule has 2 rings (SSSR count). The highest BCUT2D eigenvalue weighted by atomic mass is 16.5. The Hall–Kier alpha value is -2.27. The molecule has 0 saturated heterocycles. The molecule has 1 atom stereocenters. The molecule has 0 saturated carbocycles. The summed E-state index contributed by atoms with van der Waals surface area (Å²) < 4.78 is 14.8. The third kappa shape index (κ3) is 2.77. The smallest absolute Gasteiger partial charge is 0.373 e. The molecule has 0 amide bonds. The largest absolute Gasteiger partial charge is 0.497 e. The number of aliphatic hydroxyl groups excluding tert-OH is 1. The van der Waals surface area contributed by atoms with Crippen molar-refractivity contribution >= 4 is 5.97 Å². The van der Waals surface area contributed by atoms with Gasteiger partial charge in [0.25, 0.3) is 0 Å². The number of carbonyl (C=O) groups excluding carboxylic acids is 1. The Bertz CT molecular complexity index is 555. The summed E-state index contributed by atoms with van der Waals surface area (Å²) in [6.07, 6.45) is -0.940. The van der Waals surface area contributed by atoms with Gasteiger partial charge >= 0.3 is 5.97 Å². The van der Waals surface area contributed by atoms with Gasteiger partial charge in [-0.3, -0.25) is 0 Å². The Morgan fingerprint density at radius 3 is 2.42 bits per heavy atom. The van der Waals surface area contributed by atoms with Crippen LogP contribution in [0.3, 0.4) is 0 Å². The van der Waals surface area contributed by atoms with Gasteiger partial charge in [-0.25, -0.2) is 4.79 Å². The summed E-state index contributed by atoms with van der Waals surface area (Å²) in [6.45, 7) is 0. The first-order chi connectivity index (χ1) is 9.15. The molecular formula is C14H14O5. The van der Waals surface area contributed by atoms with Gasteiger partial charge in [0.05, 0.1) is 14.2 Å². The van der Waals surface area contributed by atoms with E-state index in [1.807, 2.05) is 0 Å². The molecule has 1 unspecified atom stereocenters. The molecule has 100 valence electrons. The van der Waals surface area contributed by atoms with Crippen molar-refractivity contribution in [2.45, 2.75) is 6.10 Å². The molecule has 2 aromatic rings. The van der Waals surface area contributed by atoms with E-state index in [4.69, 9.17) is 9.15 Å². The third-order valence-corrected chi connectivity index (χ3v) is 2.71. The molecule has 0 spiro atoms. The summed E-state index contributed by atoms with van der Waals surface area (Å²) in [4.78, 5) is 11.3. The van der Waals surface area contributed by atoms with Gasteiger partial charge < -0.3 is 19.0 Å². The van der Waals surface area contributed by atoms with Gasteiger partial charge in [0.2, 0.25) is 5.76 Å². The third-order valence-electron chi connectivity index (χ3n) is 2.71. The molecule has 1 aromatic carbocycles. The summed E-state index contributed by atoms with van der Waals surface area (Å²) in [5, 5.41) is 10.1. The van der Waals surface area contributed by atoms with Crippen molar-refractivity contribution in [2.24, 2.45) is 0 Å². The highest BCUT2D eigenvalue weighted by molar-refractivity contribution is 5.86. The monoisotopic (exact) mass is 262 g/mol. The van der Waals surface area contributed by atoms with Crippen molar-refractivity contribution in [3.05, 3.63) is 53.5 Å². The van der Waals surface area contributed by atoms with Crippen molar-refractivity contribution < 1.29 is 23.8 Å². The average Bonchev–Trinajstić information content (AvgIpc) is 2.95. The first-order valence-electron chi connectivity index (χ1n) is 5.65. The first-order valence-corrected chi connectivity index (χ1v) is 5.65. The normalized spacial score (nSPS) is 11.9. The molecule has 0 aliphatic rings. The van der Waals surface area contributed by atoms with E-state index >= 15 is 0 Å². The van der Waals surface area contributed by atoms with Crippen molar-refractivity contribution in [1.82, 2.24) is 0 Å². The fourth-order valence-electron chi connectivity index (χ4n) is 1.66. The zero-order chi connectivity index (χ0) is 13.8. The summed E-state index contributed by atoms with van der Waals surface area (Å²) in [7, 11) is 2.84. The van der Waals surface area contributed by atoms with E-state index in [0.717, 1.165) is 0 Å². The molecule has 0 aliphatic heterocycles. The standard InChI is InChI=1S/C14H14O5/c1-17-10-5-3-9(4-6-10)13(15)11-7-8-12(19-11)14(16)18-2/h3-8,13,15H,1-2H3. The molecule has 0 fully saturated rings. The van der Waals surface area contributed by atoms with E-state index in [2.05, 4.69) is 4.74 Å². The van der Waals surface area contributed by atoms with Crippen LogP contribution in [-0.2, 0) is 4.74 Å². The number of hydrogen-bond acceptors (Lipinski definition) is 5. The van der Waals surface area contributed by atoms with E-state index in [-0.39, 0.29) is 11.5 Å². The number of benzene rings is 1. The van der Waals surface area contributed by atoms with Crippen LogP contribution in [0.2, 0.25) is 0 Å². The number of hydrogen-bond donors (Lipinski definition) is 1. The molecule has 5 heteroatoms. The van der Waals surface area contributed by atoms with Crippen molar-refractivity contribution in [3.8, 4) is 5.75 Å². The minimum absolute atomic E-state index is 0.0602. The summed E-state index contributed by atoms with van der Waals surface area (Å²) in [5.41, 5.74) is 0.645. The molecule has 1 N–H and O–H groups in total. The number of aliphatic hydroxyl groups is 1. The van der Waals surface area contributed by atoms with E-state index in [1.54, 1.807) is 37.4 Å². The lowest BCUT2D eigenvalue weighted by molar-refractivity contribution is 0.0558. The van der Waals surface area contributed by atoms with Gasteiger partial charge in [0, 0.05) is 0 Å². The van der Waals surface area contributed by atoms with E-state index < -0.39 is 12.1 Å². The Labute approximate surface area is 110 Å². The molecule has 0 bridgehead atoms. The maximum absolute atomic E-state index is 11.3. The molecule has 19 heavy (non-hydrogen) atoms. The minimum atomic E-state index is -0.940. The van der Waals surface area contributed by atoms with Crippen LogP contribution < -0.4 is 4.74 Å². The predicted octanol–water partition coefficient (Wildman–Crippen LogP) is 2.16. The number of esters is 1. The SMILES string of the molecule is COC(=O)c1ccc(C(O)c2ccc(OC)cc2)o1. The Morgan fingerprint density at radius 1 is 1.16 bits per heavy atom. The Balaban J connectivity index is 2.20. The Morgan fingerprint density at radius 2 is 1.84 bits per heavy atom. The van der Waals surface area contributed by atoms with Gasteiger partial charge in [-0.1, -0.05) is 12.1 Å². The van der Waals surface area contributed by atoms with Crippen molar-refractivity contribution in [2.75, 3.05) is 14.2 Å². The second kappa shape index (κ2) is 5.58. The van der Waals surface area contributed by atoms with E-state index in [0.29, 0.717) is 11.3 Å². The number of methoxy groups -OCH3 is 2. The lowest BCUT2D eigenvalue weighted by Crippen LogP contribution is -2.00. The average molecular weight is 262 g/mol. The quantitative estimate of drug-likeness (QED) is 0.855. The summed E-state index contributed by atoms with van der Waals surface area (Å²) in [6, 6.07) is 9.94. The van der Waals surface area contributed by atoms with Crippen molar-refractivity contribution in [1.29, 1.82) is 0 Å². The van der Waals surface area contributed by atoms with Crippen molar-refractivity contribution in [3.63, 3.8) is 0 Å². The maximum Gasteiger partial charge on any atom is 0.373 e. The van der Waals surface area contributed by atoms with Crippen LogP contribution in [0.15, 0.2) is 40.8 Å². The van der Waals surface area contributed by atoms with Gasteiger partial charge in [-0.2, -0.15) is 0 Å². The van der Waals surface area contributed by atoms with Crippen LogP contribution in [-0.4, -0.2) is 25.3 Å². The number of carbonyl (C=O) groups is 1. The van der Waals surface area contributed by atoms with Crippen LogP contribution in [0.1, 0.15) is 28.0 Å². The molecule has 0 aliphatic carbocycles. The van der Waals surface area contributed by atoms with E-state index in [1.165, 1.54) is 13.2 Å². The summed E-state index contributed by atoms with van der Waals surface area (Å²) >= 11 is 0. The predicted molar refractivity (Wildman–Crippen MR) is 67.1 cm³/mol. The van der Waals surface area contributed by atoms with Crippen LogP contribution in [0, 0.1) is 0 Å². The lowest BCUT2D eigenvalue weighted by Gasteiger charge is -2.08. The molecule has 0 radical (unpaired) electrons. The van der Waals surface area contributed by atoms with Gasteiger partial charge in [-0.05, 0) is 29.8 Å². The van der Waals surface area contributed by atoms with Crippen LogP contribution in [0.5, 0.6) is 5.75 Å². The van der Waals surface area contributed by atoms with Gasteiger partial charge in [-0.15, -0.1) is 0 Å². The zero-order valence-electron chi connectivity index (χ0n) is 10.6. The number of rotatable bonds is 4. The summed E-state index contributed by atoms with van der Waals surface area (Å²) in [5.74, 6) is 0.467. The highest BCUT2D eigenvalue weighted by Gasteiger charge is 2.18. The molecule has 5 nitrogen and oxygen atoms in total. The molecule has 1 heterocycles. The maximum atomic E-state index is 11.3. The first kappa shape index (κ1) is 13.2. The minimum Gasteiger partial charge on any atom is -0.497 e. The van der Waals surface area contributed by atoms with E-state index in [9.17, 15) is 9.90 Å².